The lowest BCUT2D eigenvalue weighted by molar-refractivity contribution is -0.143. The van der Waals surface area contributed by atoms with Crippen molar-refractivity contribution >= 4 is 11.9 Å². The Morgan fingerprint density at radius 2 is 0.644 bits per heavy atom. The third kappa shape index (κ3) is 59.4. The van der Waals surface area contributed by atoms with Crippen LogP contribution in [0.5, 0.6) is 0 Å². The number of allylic oxidation sites excluding steroid dienone is 3. The summed E-state index contributed by atoms with van der Waals surface area (Å²) in [6.07, 6.45) is 78.0. The van der Waals surface area contributed by atoms with Gasteiger partial charge in [-0.15, -0.1) is 0 Å². The average molecular weight is 1030 g/mol. The Kier molecular flexibility index (Phi) is 61.4. The van der Waals surface area contributed by atoms with Crippen LogP contribution in [0.1, 0.15) is 367 Å². The highest BCUT2D eigenvalue weighted by Crippen LogP contribution is 2.18. The van der Waals surface area contributed by atoms with Gasteiger partial charge < -0.3 is 20.3 Å². The van der Waals surface area contributed by atoms with E-state index < -0.39 is 12.1 Å². The fourth-order valence-electron chi connectivity index (χ4n) is 10.4. The van der Waals surface area contributed by atoms with Crippen molar-refractivity contribution in [2.45, 2.75) is 379 Å². The first-order valence-electron chi connectivity index (χ1n) is 33.1. The van der Waals surface area contributed by atoms with Gasteiger partial charge in [-0.05, 0) is 57.8 Å². The standard InChI is InChI=1S/C67H129NO5/c1-3-5-7-9-11-13-15-17-19-21-23-24-27-31-35-39-43-47-51-55-59-65(70)64(63-69)68-66(71)60-56-52-48-44-40-36-32-28-25-26-30-34-38-42-46-50-54-58-62-73-67(72)61-57-53-49-45-41-37-33-29-22-20-18-16-14-12-10-8-6-4-2/h20,22,55,59,64-65,69-70H,3-19,21,23-54,56-58,60-63H2,1-2H3,(H,68,71)/b22-20-,59-55+. The highest BCUT2D eigenvalue weighted by atomic mass is 16.5. The minimum Gasteiger partial charge on any atom is -0.466 e. The molecular weight excluding hydrogens is 899 g/mol. The number of ether oxygens (including phenoxy) is 1. The summed E-state index contributed by atoms with van der Waals surface area (Å²) in [4.78, 5) is 24.6. The molecule has 0 spiro atoms. The molecule has 0 rings (SSSR count). The molecule has 0 heterocycles. The van der Waals surface area contributed by atoms with Crippen LogP contribution >= 0.6 is 0 Å². The van der Waals surface area contributed by atoms with Gasteiger partial charge in [0.15, 0.2) is 0 Å². The van der Waals surface area contributed by atoms with Gasteiger partial charge >= 0.3 is 5.97 Å². The fraction of sp³-hybridized carbons (Fsp3) is 0.910. The van der Waals surface area contributed by atoms with Crippen LogP contribution in [0.4, 0.5) is 0 Å². The minimum absolute atomic E-state index is 0.00441. The lowest BCUT2D eigenvalue weighted by atomic mass is 10.0. The molecule has 2 atom stereocenters. The van der Waals surface area contributed by atoms with Gasteiger partial charge in [0, 0.05) is 12.8 Å². The predicted molar refractivity (Wildman–Crippen MR) is 320 cm³/mol. The van der Waals surface area contributed by atoms with Gasteiger partial charge in [0.05, 0.1) is 25.4 Å². The first-order valence-corrected chi connectivity index (χ1v) is 33.1. The topological polar surface area (TPSA) is 95.9 Å². The summed E-state index contributed by atoms with van der Waals surface area (Å²) in [5.74, 6) is -0.0642. The zero-order valence-corrected chi connectivity index (χ0v) is 49.4. The summed E-state index contributed by atoms with van der Waals surface area (Å²) in [5.41, 5.74) is 0. The molecule has 0 bridgehead atoms. The van der Waals surface area contributed by atoms with Crippen LogP contribution < -0.4 is 5.32 Å². The summed E-state index contributed by atoms with van der Waals surface area (Å²) in [5, 5.41) is 23.2. The summed E-state index contributed by atoms with van der Waals surface area (Å²) < 4.78 is 5.50. The zero-order chi connectivity index (χ0) is 52.9. The van der Waals surface area contributed by atoms with E-state index in [4.69, 9.17) is 4.74 Å². The van der Waals surface area contributed by atoms with Crippen molar-refractivity contribution in [2.24, 2.45) is 0 Å². The first-order chi connectivity index (χ1) is 36.0. The molecule has 3 N–H and O–H groups in total. The van der Waals surface area contributed by atoms with Crippen LogP contribution in [0.3, 0.4) is 0 Å². The van der Waals surface area contributed by atoms with Gasteiger partial charge in [-0.1, -0.05) is 321 Å². The summed E-state index contributed by atoms with van der Waals surface area (Å²) in [6.45, 7) is 4.92. The smallest absolute Gasteiger partial charge is 0.305 e. The summed E-state index contributed by atoms with van der Waals surface area (Å²) in [6, 6.07) is -0.632. The van der Waals surface area contributed by atoms with Crippen LogP contribution in [0.25, 0.3) is 0 Å². The monoisotopic (exact) mass is 1030 g/mol. The van der Waals surface area contributed by atoms with Crippen LogP contribution in [0.2, 0.25) is 0 Å². The Morgan fingerprint density at radius 1 is 0.370 bits per heavy atom. The molecule has 0 saturated carbocycles. The zero-order valence-electron chi connectivity index (χ0n) is 49.4. The van der Waals surface area contributed by atoms with E-state index in [-0.39, 0.29) is 18.5 Å². The van der Waals surface area contributed by atoms with E-state index in [9.17, 15) is 19.8 Å². The molecule has 0 aromatic carbocycles. The molecule has 0 fully saturated rings. The second-order valence-electron chi connectivity index (χ2n) is 22.8. The van der Waals surface area contributed by atoms with Crippen LogP contribution in [0.15, 0.2) is 24.3 Å². The highest BCUT2D eigenvalue weighted by molar-refractivity contribution is 5.76. The van der Waals surface area contributed by atoms with Gasteiger partial charge in [0.1, 0.15) is 0 Å². The van der Waals surface area contributed by atoms with Crippen molar-refractivity contribution < 1.29 is 24.5 Å². The number of unbranched alkanes of at least 4 members (excludes halogenated alkanes) is 49. The summed E-state index contributed by atoms with van der Waals surface area (Å²) >= 11 is 0. The number of hydrogen-bond acceptors (Lipinski definition) is 5. The quantitative estimate of drug-likeness (QED) is 0.0320. The molecule has 0 radical (unpaired) electrons. The minimum atomic E-state index is -0.848. The van der Waals surface area contributed by atoms with Crippen molar-refractivity contribution in [2.75, 3.05) is 13.2 Å². The number of hydrogen-bond donors (Lipinski definition) is 3. The van der Waals surface area contributed by atoms with E-state index in [0.717, 1.165) is 44.9 Å². The molecule has 6 heteroatoms. The predicted octanol–water partition coefficient (Wildman–Crippen LogP) is 21.0. The van der Waals surface area contributed by atoms with E-state index in [0.29, 0.717) is 19.4 Å². The molecule has 0 aromatic rings. The van der Waals surface area contributed by atoms with Gasteiger partial charge in [-0.3, -0.25) is 9.59 Å². The number of carbonyl (C=O) groups is 2. The number of rotatable bonds is 62. The first kappa shape index (κ1) is 71.3. The Labute approximate surface area is 456 Å². The molecule has 73 heavy (non-hydrogen) atoms. The van der Waals surface area contributed by atoms with Gasteiger partial charge in [0.25, 0.3) is 0 Å². The molecule has 0 aliphatic heterocycles. The number of aliphatic hydroxyl groups is 2. The maximum absolute atomic E-state index is 12.5. The third-order valence-corrected chi connectivity index (χ3v) is 15.5. The van der Waals surface area contributed by atoms with E-state index in [1.807, 2.05) is 6.08 Å². The Morgan fingerprint density at radius 3 is 0.973 bits per heavy atom. The lowest BCUT2D eigenvalue weighted by Gasteiger charge is -2.20. The van der Waals surface area contributed by atoms with Crippen LogP contribution in [-0.4, -0.2) is 47.4 Å². The number of carbonyl (C=O) groups excluding carboxylic acids is 2. The molecule has 6 nitrogen and oxygen atoms in total. The molecule has 0 aliphatic carbocycles. The van der Waals surface area contributed by atoms with Gasteiger partial charge in [-0.25, -0.2) is 0 Å². The SMILES string of the molecule is CCCCCCCCC/C=C\CCCCCCCCCC(=O)OCCCCCCCCCCCCCCCCCCCCC(=O)NC(CO)C(O)/C=C/CCCCCCCCCCCCCCCCCCCC. The Balaban J connectivity index is 3.42. The van der Waals surface area contributed by atoms with Crippen molar-refractivity contribution in [1.82, 2.24) is 5.32 Å². The van der Waals surface area contributed by atoms with E-state index in [1.165, 1.54) is 295 Å². The van der Waals surface area contributed by atoms with E-state index in [1.54, 1.807) is 6.08 Å². The van der Waals surface area contributed by atoms with Crippen molar-refractivity contribution in [3.63, 3.8) is 0 Å². The lowest BCUT2D eigenvalue weighted by Crippen LogP contribution is -2.45. The fourth-order valence-corrected chi connectivity index (χ4v) is 10.4. The maximum Gasteiger partial charge on any atom is 0.305 e. The molecule has 0 aliphatic rings. The summed E-state index contributed by atoms with van der Waals surface area (Å²) in [7, 11) is 0. The van der Waals surface area contributed by atoms with Crippen molar-refractivity contribution in [3.8, 4) is 0 Å². The molecular formula is C67H129NO5. The van der Waals surface area contributed by atoms with Crippen molar-refractivity contribution in [3.05, 3.63) is 24.3 Å². The molecule has 0 saturated heterocycles. The third-order valence-electron chi connectivity index (χ3n) is 15.5. The second-order valence-corrected chi connectivity index (χ2v) is 22.8. The average Bonchev–Trinajstić information content (AvgIpc) is 3.39. The highest BCUT2D eigenvalue weighted by Gasteiger charge is 2.18. The van der Waals surface area contributed by atoms with E-state index >= 15 is 0 Å². The number of nitrogens with one attached hydrogen (secondary N) is 1. The Bertz CT molecular complexity index is 1140. The Hall–Kier alpha value is -1.66. The van der Waals surface area contributed by atoms with Gasteiger partial charge in [-0.2, -0.15) is 0 Å². The van der Waals surface area contributed by atoms with Gasteiger partial charge in [0.2, 0.25) is 5.91 Å². The largest absolute Gasteiger partial charge is 0.466 e. The van der Waals surface area contributed by atoms with Crippen LogP contribution in [0, 0.1) is 0 Å². The number of esters is 1. The molecule has 2 unspecified atom stereocenters. The van der Waals surface area contributed by atoms with E-state index in [2.05, 4.69) is 31.3 Å². The number of amides is 1. The van der Waals surface area contributed by atoms with Crippen molar-refractivity contribution in [1.29, 1.82) is 0 Å². The van der Waals surface area contributed by atoms with Crippen LogP contribution in [-0.2, 0) is 14.3 Å². The second kappa shape index (κ2) is 62.9. The maximum atomic E-state index is 12.5. The number of aliphatic hydroxyl groups excluding tert-OH is 2. The molecule has 1 amide bonds. The molecule has 432 valence electrons. The molecule has 0 aromatic heterocycles. The normalized spacial score (nSPS) is 12.7.